The molecule has 4 N–H and O–H groups in total. The Bertz CT molecular complexity index is 574. The summed E-state index contributed by atoms with van der Waals surface area (Å²) in [5.74, 6) is 0.327. The monoisotopic (exact) mass is 244 g/mol. The number of nitrogens with zero attached hydrogens (tertiary/aromatic N) is 1. The number of aromatic amines is 1. The van der Waals surface area contributed by atoms with Crippen molar-refractivity contribution in [1.82, 2.24) is 10.2 Å². The lowest BCUT2D eigenvalue weighted by Gasteiger charge is -2.07. The van der Waals surface area contributed by atoms with Gasteiger partial charge in [0, 0.05) is 23.0 Å². The largest absolute Gasteiger partial charge is 0.398 e. The van der Waals surface area contributed by atoms with Crippen molar-refractivity contribution in [2.45, 2.75) is 20.3 Å². The van der Waals surface area contributed by atoms with Gasteiger partial charge >= 0.3 is 0 Å². The second-order valence-corrected chi connectivity index (χ2v) is 4.11. The Hall–Kier alpha value is -2.30. The molecule has 1 heterocycles. The number of aromatic nitrogens is 2. The van der Waals surface area contributed by atoms with E-state index >= 15 is 0 Å². The first-order valence-corrected chi connectivity index (χ1v) is 5.82. The van der Waals surface area contributed by atoms with Gasteiger partial charge in [-0.2, -0.15) is 5.10 Å². The van der Waals surface area contributed by atoms with Crippen LogP contribution in [0, 0.1) is 6.92 Å². The molecule has 0 unspecified atom stereocenters. The number of carbonyl (C=O) groups excluding carboxylic acids is 1. The van der Waals surface area contributed by atoms with Crippen molar-refractivity contribution in [3.63, 3.8) is 0 Å². The van der Waals surface area contributed by atoms with E-state index in [-0.39, 0.29) is 5.91 Å². The van der Waals surface area contributed by atoms with Crippen LogP contribution in [0.5, 0.6) is 0 Å². The first-order valence-electron chi connectivity index (χ1n) is 5.82. The van der Waals surface area contributed by atoms with Crippen molar-refractivity contribution in [3.05, 3.63) is 41.1 Å². The Balaban J connectivity index is 2.19. The molecule has 1 aromatic heterocycles. The molecule has 0 bridgehead atoms. The summed E-state index contributed by atoms with van der Waals surface area (Å²) in [6.45, 7) is 3.84. The number of nitrogens with one attached hydrogen (secondary N) is 2. The summed E-state index contributed by atoms with van der Waals surface area (Å²) >= 11 is 0. The quantitative estimate of drug-likeness (QED) is 0.723. The number of anilines is 2. The summed E-state index contributed by atoms with van der Waals surface area (Å²) in [4.78, 5) is 12.1. The lowest BCUT2D eigenvalue weighted by Crippen LogP contribution is -2.14. The highest BCUT2D eigenvalue weighted by Gasteiger charge is 2.11. The number of nitrogen functional groups attached to an aromatic ring is 1. The van der Waals surface area contributed by atoms with E-state index in [0.29, 0.717) is 17.1 Å². The van der Waals surface area contributed by atoms with Gasteiger partial charge in [-0.15, -0.1) is 0 Å². The van der Waals surface area contributed by atoms with Gasteiger partial charge in [0.25, 0.3) is 5.91 Å². The molecule has 0 spiro atoms. The Morgan fingerprint density at radius 2 is 2.28 bits per heavy atom. The van der Waals surface area contributed by atoms with E-state index in [9.17, 15) is 4.79 Å². The fourth-order valence-corrected chi connectivity index (χ4v) is 1.69. The van der Waals surface area contributed by atoms with Crippen molar-refractivity contribution in [2.75, 3.05) is 11.1 Å². The van der Waals surface area contributed by atoms with Gasteiger partial charge in [-0.1, -0.05) is 13.0 Å². The fraction of sp³-hybridized carbons (Fsp3) is 0.231. The van der Waals surface area contributed by atoms with Crippen LogP contribution in [0.25, 0.3) is 0 Å². The van der Waals surface area contributed by atoms with Crippen LogP contribution in [0.3, 0.4) is 0 Å². The maximum absolute atomic E-state index is 12.1. The van der Waals surface area contributed by atoms with Crippen LogP contribution in [0.15, 0.2) is 24.3 Å². The zero-order chi connectivity index (χ0) is 13.1. The highest BCUT2D eigenvalue weighted by Crippen LogP contribution is 2.17. The first kappa shape index (κ1) is 12.2. The Labute approximate surface area is 105 Å². The van der Waals surface area contributed by atoms with Gasteiger partial charge in [0.2, 0.25) is 0 Å². The second-order valence-electron chi connectivity index (χ2n) is 4.11. The van der Waals surface area contributed by atoms with E-state index in [1.165, 1.54) is 0 Å². The predicted octanol–water partition coefficient (Wildman–Crippen LogP) is 2.12. The molecular weight excluding hydrogens is 228 g/mol. The average Bonchev–Trinajstić information content (AvgIpc) is 2.80. The summed E-state index contributed by atoms with van der Waals surface area (Å²) < 4.78 is 0. The minimum absolute atomic E-state index is 0.200. The molecule has 94 valence electrons. The molecule has 0 saturated carbocycles. The van der Waals surface area contributed by atoms with E-state index in [0.717, 1.165) is 17.7 Å². The number of amides is 1. The van der Waals surface area contributed by atoms with E-state index in [1.807, 2.05) is 19.9 Å². The van der Waals surface area contributed by atoms with Crippen molar-refractivity contribution in [1.29, 1.82) is 0 Å². The summed E-state index contributed by atoms with van der Waals surface area (Å²) in [5, 5.41) is 9.61. The Morgan fingerprint density at radius 1 is 1.50 bits per heavy atom. The van der Waals surface area contributed by atoms with Gasteiger partial charge in [0.05, 0.1) is 0 Å². The molecule has 0 atom stereocenters. The highest BCUT2D eigenvalue weighted by molar-refractivity contribution is 6.05. The second kappa shape index (κ2) is 4.91. The maximum Gasteiger partial charge on any atom is 0.257 e. The summed E-state index contributed by atoms with van der Waals surface area (Å²) in [5.41, 5.74) is 8.71. The maximum atomic E-state index is 12.1. The number of aryl methyl sites for hydroxylation is 1. The predicted molar refractivity (Wildman–Crippen MR) is 71.5 cm³/mol. The molecular formula is C13H16N4O. The van der Waals surface area contributed by atoms with Gasteiger partial charge in [0.15, 0.2) is 5.82 Å². The molecule has 2 rings (SSSR count). The van der Waals surface area contributed by atoms with Crippen LogP contribution in [0.1, 0.15) is 28.5 Å². The van der Waals surface area contributed by atoms with Crippen LogP contribution in [0.2, 0.25) is 0 Å². The van der Waals surface area contributed by atoms with Crippen LogP contribution in [-0.2, 0) is 6.42 Å². The SMILES string of the molecule is CCc1cc(NC(=O)c2cccc(N)c2C)n[nH]1. The number of carbonyl (C=O) groups is 1. The molecule has 0 aliphatic heterocycles. The van der Waals surface area contributed by atoms with E-state index in [4.69, 9.17) is 5.73 Å². The molecule has 18 heavy (non-hydrogen) atoms. The zero-order valence-electron chi connectivity index (χ0n) is 10.4. The summed E-state index contributed by atoms with van der Waals surface area (Å²) in [6.07, 6.45) is 0.847. The lowest BCUT2D eigenvalue weighted by atomic mass is 10.1. The molecule has 2 aromatic rings. The third-order valence-electron chi connectivity index (χ3n) is 2.87. The summed E-state index contributed by atoms with van der Waals surface area (Å²) in [7, 11) is 0. The Morgan fingerprint density at radius 3 is 2.94 bits per heavy atom. The third-order valence-corrected chi connectivity index (χ3v) is 2.87. The van der Waals surface area contributed by atoms with Crippen LogP contribution < -0.4 is 11.1 Å². The third kappa shape index (κ3) is 2.34. The molecule has 0 fully saturated rings. The lowest BCUT2D eigenvalue weighted by molar-refractivity contribution is 0.102. The number of rotatable bonds is 3. The topological polar surface area (TPSA) is 83.8 Å². The zero-order valence-corrected chi connectivity index (χ0v) is 10.4. The molecule has 0 radical (unpaired) electrons. The highest BCUT2D eigenvalue weighted by atomic mass is 16.1. The molecule has 5 nitrogen and oxygen atoms in total. The van der Waals surface area contributed by atoms with Gasteiger partial charge in [0.1, 0.15) is 0 Å². The van der Waals surface area contributed by atoms with E-state index in [1.54, 1.807) is 18.2 Å². The average molecular weight is 244 g/mol. The molecule has 0 saturated heterocycles. The Kier molecular flexibility index (Phi) is 3.32. The molecule has 0 aliphatic rings. The normalized spacial score (nSPS) is 10.3. The van der Waals surface area contributed by atoms with Crippen molar-refractivity contribution < 1.29 is 4.79 Å². The first-order chi connectivity index (χ1) is 8.61. The summed E-state index contributed by atoms with van der Waals surface area (Å²) in [6, 6.07) is 7.10. The number of hydrogen-bond donors (Lipinski definition) is 3. The van der Waals surface area contributed by atoms with Crippen LogP contribution >= 0.6 is 0 Å². The smallest absolute Gasteiger partial charge is 0.257 e. The van der Waals surface area contributed by atoms with Gasteiger partial charge < -0.3 is 11.1 Å². The van der Waals surface area contributed by atoms with E-state index < -0.39 is 0 Å². The minimum atomic E-state index is -0.200. The number of nitrogens with two attached hydrogens (primary N) is 1. The van der Waals surface area contributed by atoms with Gasteiger partial charge in [-0.25, -0.2) is 0 Å². The van der Waals surface area contributed by atoms with E-state index in [2.05, 4.69) is 15.5 Å². The van der Waals surface area contributed by atoms with Gasteiger partial charge in [-0.05, 0) is 31.0 Å². The minimum Gasteiger partial charge on any atom is -0.398 e. The number of hydrogen-bond acceptors (Lipinski definition) is 3. The standard InChI is InChI=1S/C13H16N4O/c1-3-9-7-12(17-16-9)15-13(18)10-5-4-6-11(14)8(10)2/h4-7H,3,14H2,1-2H3,(H2,15,16,17,18). The van der Waals surface area contributed by atoms with Crippen LogP contribution in [0.4, 0.5) is 11.5 Å². The molecule has 5 heteroatoms. The fourth-order valence-electron chi connectivity index (χ4n) is 1.69. The van der Waals surface area contributed by atoms with Crippen molar-refractivity contribution >= 4 is 17.4 Å². The van der Waals surface area contributed by atoms with Crippen LogP contribution in [-0.4, -0.2) is 16.1 Å². The van der Waals surface area contributed by atoms with Crippen molar-refractivity contribution in [3.8, 4) is 0 Å². The van der Waals surface area contributed by atoms with Gasteiger partial charge in [-0.3, -0.25) is 9.89 Å². The molecule has 1 aromatic carbocycles. The van der Waals surface area contributed by atoms with Crippen molar-refractivity contribution in [2.24, 2.45) is 0 Å². The number of benzene rings is 1. The number of H-pyrrole nitrogens is 1. The molecule has 1 amide bonds. The molecule has 0 aliphatic carbocycles.